The molecule has 2 aromatic rings. The molecule has 6 nitrogen and oxygen atoms in total. The summed E-state index contributed by atoms with van der Waals surface area (Å²) in [5, 5.41) is 9.63. The van der Waals surface area contributed by atoms with Gasteiger partial charge in [0.2, 0.25) is 5.95 Å². The third-order valence-corrected chi connectivity index (χ3v) is 5.57. The molecule has 0 bridgehead atoms. The number of likely N-dealkylation sites (tertiary alicyclic amines) is 1. The number of phenolic OH excluding ortho intramolecular Hbond substituents is 1. The van der Waals surface area contributed by atoms with Crippen LogP contribution < -0.4 is 4.90 Å². The van der Waals surface area contributed by atoms with Crippen molar-refractivity contribution in [2.75, 3.05) is 31.6 Å². The number of piperidine rings is 1. The molecular weight excluding hydrogens is 347 g/mol. The molecule has 1 N–H and O–H groups in total. The normalized spacial score (nSPS) is 25.8. The van der Waals surface area contributed by atoms with Gasteiger partial charge >= 0.3 is 0 Å². The molecule has 4 rings (SSSR count). The van der Waals surface area contributed by atoms with Crippen LogP contribution >= 0.6 is 0 Å². The number of phenols is 1. The second kappa shape index (κ2) is 7.40. The summed E-state index contributed by atoms with van der Waals surface area (Å²) in [5.74, 6) is 0.280. The number of nitrogens with zero attached hydrogens (tertiary/aromatic N) is 4. The lowest BCUT2D eigenvalue weighted by Gasteiger charge is -2.40. The highest BCUT2D eigenvalue weighted by atomic mass is 19.1. The van der Waals surface area contributed by atoms with Crippen molar-refractivity contribution in [3.8, 4) is 5.75 Å². The molecule has 3 heterocycles. The minimum absolute atomic E-state index is 0.0293. The van der Waals surface area contributed by atoms with E-state index in [-0.39, 0.29) is 17.4 Å². The van der Waals surface area contributed by atoms with Gasteiger partial charge < -0.3 is 14.7 Å². The van der Waals surface area contributed by atoms with Gasteiger partial charge in [0, 0.05) is 45.0 Å². The number of aromatic nitrogens is 2. The van der Waals surface area contributed by atoms with Crippen molar-refractivity contribution in [2.45, 2.75) is 37.5 Å². The first-order chi connectivity index (χ1) is 13.0. The summed E-state index contributed by atoms with van der Waals surface area (Å²) in [7, 11) is 2.01. The minimum Gasteiger partial charge on any atom is -0.508 e. The van der Waals surface area contributed by atoms with E-state index in [1.54, 1.807) is 18.5 Å². The van der Waals surface area contributed by atoms with E-state index in [9.17, 15) is 9.50 Å². The molecule has 1 aromatic carbocycles. The van der Waals surface area contributed by atoms with Gasteiger partial charge in [0.25, 0.3) is 0 Å². The van der Waals surface area contributed by atoms with Gasteiger partial charge in [-0.1, -0.05) is 0 Å². The van der Waals surface area contributed by atoms with Gasteiger partial charge in [-0.25, -0.2) is 14.4 Å². The summed E-state index contributed by atoms with van der Waals surface area (Å²) in [6.07, 6.45) is 6.49. The highest BCUT2D eigenvalue weighted by Gasteiger charge is 2.44. The topological polar surface area (TPSA) is 61.7 Å². The first-order valence-electron chi connectivity index (χ1n) is 9.38. The molecule has 27 heavy (non-hydrogen) atoms. The SMILES string of the molecule is CN(c1ncccn1)C1COC2(CCCN(Cc3cc(O)cc(F)c3)C2)C1. The van der Waals surface area contributed by atoms with E-state index in [4.69, 9.17) is 4.74 Å². The summed E-state index contributed by atoms with van der Waals surface area (Å²) in [6.45, 7) is 3.02. The fourth-order valence-electron chi connectivity index (χ4n) is 4.30. The molecule has 7 heteroatoms. The maximum absolute atomic E-state index is 13.6. The van der Waals surface area contributed by atoms with Crippen LogP contribution in [0, 0.1) is 5.82 Å². The van der Waals surface area contributed by atoms with Crippen LogP contribution in [0.25, 0.3) is 0 Å². The molecule has 0 radical (unpaired) electrons. The van der Waals surface area contributed by atoms with E-state index in [2.05, 4.69) is 19.8 Å². The van der Waals surface area contributed by atoms with Gasteiger partial charge in [0.05, 0.1) is 18.2 Å². The van der Waals surface area contributed by atoms with Crippen LogP contribution in [0.3, 0.4) is 0 Å². The Morgan fingerprint density at radius 3 is 2.93 bits per heavy atom. The number of hydrogen-bond acceptors (Lipinski definition) is 6. The standard InChI is InChI=1S/C20H25FN4O2/c1-24(19-22-5-3-6-23-19)17-11-20(27-13-17)4-2-7-25(14-20)12-15-8-16(21)10-18(26)9-15/h3,5-6,8-10,17,26H,2,4,7,11-14H2,1H3. The maximum Gasteiger partial charge on any atom is 0.225 e. The fourth-order valence-corrected chi connectivity index (χ4v) is 4.30. The Hall–Kier alpha value is -2.25. The largest absolute Gasteiger partial charge is 0.508 e. The monoisotopic (exact) mass is 372 g/mol. The van der Waals surface area contributed by atoms with Crippen LogP contribution in [-0.2, 0) is 11.3 Å². The minimum atomic E-state index is -0.404. The molecule has 2 unspecified atom stereocenters. The van der Waals surface area contributed by atoms with Gasteiger partial charge in [-0.2, -0.15) is 0 Å². The first kappa shape index (κ1) is 18.1. The van der Waals surface area contributed by atoms with Crippen LogP contribution in [0.5, 0.6) is 5.75 Å². The van der Waals surface area contributed by atoms with Crippen LogP contribution in [0.1, 0.15) is 24.8 Å². The molecular formula is C20H25FN4O2. The molecule has 0 aliphatic carbocycles. The molecule has 0 saturated carbocycles. The number of likely N-dealkylation sites (N-methyl/N-ethyl adjacent to an activating group) is 1. The zero-order valence-corrected chi connectivity index (χ0v) is 15.5. The lowest BCUT2D eigenvalue weighted by molar-refractivity contribution is -0.0533. The molecule has 2 atom stereocenters. The average Bonchev–Trinajstić information content (AvgIpc) is 3.04. The molecule has 144 valence electrons. The molecule has 1 aromatic heterocycles. The number of halogens is 1. The summed E-state index contributed by atoms with van der Waals surface area (Å²) in [6, 6.07) is 6.30. The van der Waals surface area contributed by atoms with Crippen LogP contribution in [0.4, 0.5) is 10.3 Å². The number of rotatable bonds is 4. The van der Waals surface area contributed by atoms with E-state index in [1.807, 2.05) is 13.1 Å². The molecule has 0 amide bonds. The van der Waals surface area contributed by atoms with Crippen molar-refractivity contribution >= 4 is 5.95 Å². The number of aromatic hydroxyl groups is 1. The van der Waals surface area contributed by atoms with E-state index in [0.717, 1.165) is 44.0 Å². The van der Waals surface area contributed by atoms with Crippen LogP contribution in [0.15, 0.2) is 36.7 Å². The third kappa shape index (κ3) is 4.04. The van der Waals surface area contributed by atoms with Gasteiger partial charge in [-0.05, 0) is 43.1 Å². The highest BCUT2D eigenvalue weighted by molar-refractivity contribution is 5.30. The van der Waals surface area contributed by atoms with E-state index < -0.39 is 5.82 Å². The lowest BCUT2D eigenvalue weighted by Crippen LogP contribution is -2.48. The van der Waals surface area contributed by atoms with Crippen molar-refractivity contribution in [3.63, 3.8) is 0 Å². The summed E-state index contributed by atoms with van der Waals surface area (Å²) in [4.78, 5) is 13.1. The Morgan fingerprint density at radius 1 is 1.33 bits per heavy atom. The highest BCUT2D eigenvalue weighted by Crippen LogP contribution is 2.37. The Morgan fingerprint density at radius 2 is 2.15 bits per heavy atom. The fraction of sp³-hybridized carbons (Fsp3) is 0.500. The van der Waals surface area contributed by atoms with Crippen LogP contribution in [-0.4, -0.2) is 58.4 Å². The maximum atomic E-state index is 13.6. The molecule has 2 aliphatic heterocycles. The molecule has 2 fully saturated rings. The predicted molar refractivity (Wildman–Crippen MR) is 100 cm³/mol. The van der Waals surface area contributed by atoms with Crippen LogP contribution in [0.2, 0.25) is 0 Å². The van der Waals surface area contributed by atoms with Crippen molar-refractivity contribution in [2.24, 2.45) is 0 Å². The van der Waals surface area contributed by atoms with E-state index >= 15 is 0 Å². The van der Waals surface area contributed by atoms with E-state index in [0.29, 0.717) is 19.1 Å². The zero-order chi connectivity index (χ0) is 18.9. The van der Waals surface area contributed by atoms with Crippen molar-refractivity contribution < 1.29 is 14.2 Å². The number of anilines is 1. The third-order valence-electron chi connectivity index (χ3n) is 5.57. The van der Waals surface area contributed by atoms with Gasteiger partial charge in [0.1, 0.15) is 11.6 Å². The zero-order valence-electron chi connectivity index (χ0n) is 15.5. The quantitative estimate of drug-likeness (QED) is 0.890. The second-order valence-electron chi connectivity index (χ2n) is 7.64. The van der Waals surface area contributed by atoms with Crippen molar-refractivity contribution in [1.82, 2.24) is 14.9 Å². The van der Waals surface area contributed by atoms with Crippen molar-refractivity contribution in [1.29, 1.82) is 0 Å². The van der Waals surface area contributed by atoms with Gasteiger partial charge in [-0.15, -0.1) is 0 Å². The molecule has 2 aliphatic rings. The van der Waals surface area contributed by atoms with Gasteiger partial charge in [0.15, 0.2) is 0 Å². The first-order valence-corrected chi connectivity index (χ1v) is 9.38. The smallest absolute Gasteiger partial charge is 0.225 e. The van der Waals surface area contributed by atoms with Gasteiger partial charge in [-0.3, -0.25) is 4.90 Å². The Bertz CT molecular complexity index is 771. The lowest BCUT2D eigenvalue weighted by atomic mass is 9.88. The summed E-state index contributed by atoms with van der Waals surface area (Å²) < 4.78 is 19.8. The molecule has 1 spiro atoms. The summed E-state index contributed by atoms with van der Waals surface area (Å²) >= 11 is 0. The Labute approximate surface area is 158 Å². The summed E-state index contributed by atoms with van der Waals surface area (Å²) in [5.41, 5.74) is 0.607. The average molecular weight is 372 g/mol. The number of benzene rings is 1. The number of ether oxygens (including phenoxy) is 1. The Balaban J connectivity index is 1.42. The van der Waals surface area contributed by atoms with Crippen molar-refractivity contribution in [3.05, 3.63) is 48.0 Å². The number of hydrogen-bond donors (Lipinski definition) is 1. The molecule has 2 saturated heterocycles. The Kier molecular flexibility index (Phi) is 4.97. The van der Waals surface area contributed by atoms with E-state index in [1.165, 1.54) is 6.07 Å². The predicted octanol–water partition coefficient (Wildman–Crippen LogP) is 2.58. The second-order valence-corrected chi connectivity index (χ2v) is 7.64.